The number of methoxy groups -OCH3 is 1. The van der Waals surface area contributed by atoms with E-state index in [1.807, 2.05) is 12.1 Å². The van der Waals surface area contributed by atoms with Crippen molar-refractivity contribution in [2.24, 2.45) is 5.92 Å². The van der Waals surface area contributed by atoms with Crippen LogP contribution < -0.4 is 10.5 Å². The summed E-state index contributed by atoms with van der Waals surface area (Å²) in [6, 6.07) is 12.5. The fourth-order valence-electron chi connectivity index (χ4n) is 5.52. The number of carbonyl (C=O) groups excluding carboxylic acids is 1. The summed E-state index contributed by atoms with van der Waals surface area (Å²) in [7, 11) is 1.70. The number of nitrogens with two attached hydrogens (primary N) is 1. The molecule has 1 aromatic heterocycles. The van der Waals surface area contributed by atoms with Gasteiger partial charge < -0.3 is 15.4 Å². The number of nitrogens with zero attached hydrogens (tertiary/aromatic N) is 3. The maximum atomic E-state index is 13.4. The van der Waals surface area contributed by atoms with Gasteiger partial charge in [0, 0.05) is 24.7 Å². The van der Waals surface area contributed by atoms with Crippen molar-refractivity contribution in [1.82, 2.24) is 14.8 Å². The number of rotatable bonds is 3. The summed E-state index contributed by atoms with van der Waals surface area (Å²) in [6.45, 7) is 3.01. The maximum Gasteiger partial charge on any atom is 0.255 e. The average molecular weight is 378 g/mol. The van der Waals surface area contributed by atoms with Gasteiger partial charge in [0.05, 0.1) is 18.7 Å². The van der Waals surface area contributed by atoms with E-state index in [2.05, 4.69) is 26.9 Å². The van der Waals surface area contributed by atoms with Crippen molar-refractivity contribution in [3.8, 4) is 5.75 Å². The van der Waals surface area contributed by atoms with E-state index in [0.29, 0.717) is 29.3 Å². The molecule has 3 unspecified atom stereocenters. The fourth-order valence-corrected chi connectivity index (χ4v) is 5.52. The molecule has 4 saturated heterocycles. The summed E-state index contributed by atoms with van der Waals surface area (Å²) in [4.78, 5) is 22.2. The van der Waals surface area contributed by atoms with E-state index in [4.69, 9.17) is 10.5 Å². The monoisotopic (exact) mass is 378 g/mol. The molecule has 2 N–H and O–H groups in total. The largest absolute Gasteiger partial charge is 0.497 e. The molecule has 28 heavy (non-hydrogen) atoms. The summed E-state index contributed by atoms with van der Waals surface area (Å²) in [5.74, 6) is 2.26. The van der Waals surface area contributed by atoms with Gasteiger partial charge in [-0.1, -0.05) is 12.1 Å². The SMILES string of the molecule is COc1cccc(C2CN(C(=O)c3ccc(N)nc3)C3C4CCN(CC4)C23)c1. The van der Waals surface area contributed by atoms with E-state index in [1.165, 1.54) is 18.4 Å². The lowest BCUT2D eigenvalue weighted by Crippen LogP contribution is -2.60. The van der Waals surface area contributed by atoms with Crippen LogP contribution in [0.1, 0.15) is 34.7 Å². The first-order chi connectivity index (χ1) is 13.7. The topological polar surface area (TPSA) is 71.7 Å². The first-order valence-electron chi connectivity index (χ1n) is 10.1. The molecule has 6 nitrogen and oxygen atoms in total. The number of amides is 1. The van der Waals surface area contributed by atoms with Gasteiger partial charge in [-0.05, 0) is 61.7 Å². The van der Waals surface area contributed by atoms with E-state index in [9.17, 15) is 4.79 Å². The van der Waals surface area contributed by atoms with Gasteiger partial charge in [-0.15, -0.1) is 0 Å². The highest BCUT2D eigenvalue weighted by Crippen LogP contribution is 2.47. The van der Waals surface area contributed by atoms with Crippen molar-refractivity contribution in [2.45, 2.75) is 30.8 Å². The predicted octanol–water partition coefficient (Wildman–Crippen LogP) is 2.37. The first kappa shape index (κ1) is 17.5. The van der Waals surface area contributed by atoms with Gasteiger partial charge in [0.1, 0.15) is 11.6 Å². The molecule has 6 rings (SSSR count). The standard InChI is InChI=1S/C22H26N4O2/c1-28-17-4-2-3-15(11-17)18-13-26(22(27)16-5-6-19(23)24-12-16)20-14-7-9-25(10-8-14)21(18)20/h2-6,11-12,14,18,20-21H,7-10,13H2,1H3,(H2,23,24). The quantitative estimate of drug-likeness (QED) is 0.888. The number of anilines is 1. The minimum absolute atomic E-state index is 0.0710. The highest BCUT2D eigenvalue weighted by atomic mass is 16.5. The third kappa shape index (κ3) is 2.75. The molecule has 1 aromatic carbocycles. The molecular weight excluding hydrogens is 352 g/mol. The minimum atomic E-state index is 0.0710. The number of ether oxygens (including phenoxy) is 1. The van der Waals surface area contributed by atoms with E-state index in [1.54, 1.807) is 25.4 Å². The molecule has 5 heterocycles. The number of carbonyl (C=O) groups is 1. The molecule has 4 fully saturated rings. The van der Waals surface area contributed by atoms with E-state index in [-0.39, 0.29) is 11.9 Å². The number of pyridine rings is 1. The maximum absolute atomic E-state index is 13.4. The van der Waals surface area contributed by atoms with Crippen LogP contribution in [-0.2, 0) is 0 Å². The third-order valence-electron chi connectivity index (χ3n) is 6.81. The molecule has 2 bridgehead atoms. The Morgan fingerprint density at radius 2 is 2.00 bits per heavy atom. The second kappa shape index (κ2) is 6.78. The number of hydrogen-bond donors (Lipinski definition) is 1. The lowest BCUT2D eigenvalue weighted by molar-refractivity contribution is -0.00342. The molecule has 1 amide bonds. The molecule has 146 valence electrons. The molecule has 0 saturated carbocycles. The molecule has 0 radical (unpaired) electrons. The van der Waals surface area contributed by atoms with Gasteiger partial charge in [-0.3, -0.25) is 9.69 Å². The molecule has 3 atom stereocenters. The van der Waals surface area contributed by atoms with Gasteiger partial charge in [0.2, 0.25) is 0 Å². The van der Waals surface area contributed by atoms with Gasteiger partial charge in [0.25, 0.3) is 5.91 Å². The predicted molar refractivity (Wildman–Crippen MR) is 107 cm³/mol. The molecule has 2 aromatic rings. The number of aromatic nitrogens is 1. The van der Waals surface area contributed by atoms with E-state index < -0.39 is 0 Å². The van der Waals surface area contributed by atoms with Crippen molar-refractivity contribution in [3.63, 3.8) is 0 Å². The summed E-state index contributed by atoms with van der Waals surface area (Å²) in [5.41, 5.74) is 7.58. The van der Waals surface area contributed by atoms with Crippen LogP contribution in [0.15, 0.2) is 42.6 Å². The summed E-state index contributed by atoms with van der Waals surface area (Å²) >= 11 is 0. The van der Waals surface area contributed by atoms with Crippen LogP contribution in [0.5, 0.6) is 5.75 Å². The molecule has 6 heteroatoms. The Morgan fingerprint density at radius 3 is 2.71 bits per heavy atom. The molecule has 4 aliphatic rings. The zero-order valence-corrected chi connectivity index (χ0v) is 16.1. The Kier molecular flexibility index (Phi) is 4.23. The van der Waals surface area contributed by atoms with Crippen molar-refractivity contribution >= 4 is 11.7 Å². The zero-order chi connectivity index (χ0) is 19.3. The number of hydrogen-bond acceptors (Lipinski definition) is 5. The number of fused-ring (bicyclic) bond motifs is 2. The van der Waals surface area contributed by atoms with Crippen LogP contribution in [0.3, 0.4) is 0 Å². The summed E-state index contributed by atoms with van der Waals surface area (Å²) < 4.78 is 5.45. The van der Waals surface area contributed by atoms with Crippen LogP contribution >= 0.6 is 0 Å². The zero-order valence-electron chi connectivity index (χ0n) is 16.1. The van der Waals surface area contributed by atoms with E-state index in [0.717, 1.165) is 25.4 Å². The smallest absolute Gasteiger partial charge is 0.255 e. The van der Waals surface area contributed by atoms with Crippen molar-refractivity contribution < 1.29 is 9.53 Å². The Morgan fingerprint density at radius 1 is 1.18 bits per heavy atom. The second-order valence-corrected chi connectivity index (χ2v) is 8.17. The van der Waals surface area contributed by atoms with Crippen molar-refractivity contribution in [2.75, 3.05) is 32.5 Å². The van der Waals surface area contributed by atoms with Gasteiger partial charge in [-0.2, -0.15) is 0 Å². The molecule has 0 spiro atoms. The normalized spacial score (nSPS) is 30.9. The third-order valence-corrected chi connectivity index (χ3v) is 6.81. The van der Waals surface area contributed by atoms with Gasteiger partial charge in [-0.25, -0.2) is 4.98 Å². The second-order valence-electron chi connectivity index (χ2n) is 8.17. The van der Waals surface area contributed by atoms with Crippen LogP contribution in [0.2, 0.25) is 0 Å². The van der Waals surface area contributed by atoms with Crippen LogP contribution in [0.4, 0.5) is 5.82 Å². The number of benzene rings is 1. The molecule has 4 aliphatic heterocycles. The minimum Gasteiger partial charge on any atom is -0.497 e. The molecular formula is C22H26N4O2. The Bertz CT molecular complexity index is 876. The summed E-state index contributed by atoms with van der Waals surface area (Å²) in [6.07, 6.45) is 3.96. The Hall–Kier alpha value is -2.60. The average Bonchev–Trinajstić information content (AvgIpc) is 3.18. The number of likely N-dealkylation sites (tertiary alicyclic amines) is 1. The van der Waals surface area contributed by atoms with Gasteiger partial charge >= 0.3 is 0 Å². The summed E-state index contributed by atoms with van der Waals surface area (Å²) in [5, 5.41) is 0. The van der Waals surface area contributed by atoms with Crippen LogP contribution in [-0.4, -0.2) is 59.5 Å². The highest BCUT2D eigenvalue weighted by Gasteiger charge is 2.54. The Balaban J connectivity index is 1.51. The lowest BCUT2D eigenvalue weighted by atomic mass is 9.75. The number of nitrogen functional groups attached to an aromatic ring is 1. The lowest BCUT2D eigenvalue weighted by Gasteiger charge is -2.51. The Labute approximate surface area is 165 Å². The van der Waals surface area contributed by atoms with Crippen LogP contribution in [0.25, 0.3) is 0 Å². The highest BCUT2D eigenvalue weighted by molar-refractivity contribution is 5.94. The van der Waals surface area contributed by atoms with E-state index >= 15 is 0 Å². The van der Waals surface area contributed by atoms with Crippen LogP contribution in [0, 0.1) is 5.92 Å². The fraction of sp³-hybridized carbons (Fsp3) is 0.455. The van der Waals surface area contributed by atoms with Crippen molar-refractivity contribution in [3.05, 3.63) is 53.7 Å². The molecule has 0 aliphatic carbocycles. The first-order valence-corrected chi connectivity index (χ1v) is 10.1. The number of piperidine rings is 3. The van der Waals surface area contributed by atoms with Gasteiger partial charge in [0.15, 0.2) is 0 Å². The van der Waals surface area contributed by atoms with Crippen molar-refractivity contribution in [1.29, 1.82) is 0 Å².